The van der Waals surface area contributed by atoms with E-state index in [0.29, 0.717) is 12.3 Å². The van der Waals surface area contributed by atoms with Gasteiger partial charge in [-0.2, -0.15) is 8.42 Å². The van der Waals surface area contributed by atoms with Gasteiger partial charge in [-0.15, -0.1) is 0 Å². The minimum atomic E-state index is -4.00. The van der Waals surface area contributed by atoms with Crippen molar-refractivity contribution in [1.82, 2.24) is 0 Å². The molecule has 72 valence electrons. The average molecular weight is 193 g/mol. The molecule has 0 spiro atoms. The first-order valence-electron chi connectivity index (χ1n) is 4.22. The molecule has 1 aliphatic carbocycles. The van der Waals surface area contributed by atoms with E-state index >= 15 is 0 Å². The summed E-state index contributed by atoms with van der Waals surface area (Å²) in [6.45, 7) is 0. The van der Waals surface area contributed by atoms with Gasteiger partial charge in [-0.1, -0.05) is 19.3 Å². The second-order valence-electron chi connectivity index (χ2n) is 3.43. The molecule has 0 saturated heterocycles. The summed E-state index contributed by atoms with van der Waals surface area (Å²) in [5.41, 5.74) is 5.24. The van der Waals surface area contributed by atoms with Crippen LogP contribution in [0.15, 0.2) is 0 Å². The first-order valence-corrected chi connectivity index (χ1v) is 5.72. The van der Waals surface area contributed by atoms with Crippen LogP contribution in [0.5, 0.6) is 0 Å². The van der Waals surface area contributed by atoms with E-state index in [2.05, 4.69) is 0 Å². The van der Waals surface area contributed by atoms with Gasteiger partial charge in [0.25, 0.3) is 10.1 Å². The van der Waals surface area contributed by atoms with Gasteiger partial charge in [0.1, 0.15) is 5.37 Å². The quantitative estimate of drug-likeness (QED) is 0.645. The molecule has 1 aliphatic rings. The van der Waals surface area contributed by atoms with Gasteiger partial charge in [0.05, 0.1) is 0 Å². The lowest BCUT2D eigenvalue weighted by molar-refractivity contribution is 0.287. The lowest BCUT2D eigenvalue weighted by Gasteiger charge is -2.25. The van der Waals surface area contributed by atoms with Gasteiger partial charge in [0, 0.05) is 0 Å². The van der Waals surface area contributed by atoms with Gasteiger partial charge in [-0.3, -0.25) is 4.55 Å². The standard InChI is InChI=1S/C7H15NO3S/c8-7(12(9,10)11)5-4-6-2-1-3-6/h6-7H,1-5,8H2,(H,9,10,11). The summed E-state index contributed by atoms with van der Waals surface area (Å²) in [7, 11) is -4.00. The van der Waals surface area contributed by atoms with E-state index in [9.17, 15) is 8.42 Å². The summed E-state index contributed by atoms with van der Waals surface area (Å²) in [5.74, 6) is 0.637. The lowest BCUT2D eigenvalue weighted by atomic mass is 9.82. The van der Waals surface area contributed by atoms with Crippen molar-refractivity contribution >= 4 is 10.1 Å². The number of nitrogens with two attached hydrogens (primary N) is 1. The smallest absolute Gasteiger partial charge is 0.280 e. The van der Waals surface area contributed by atoms with Crippen molar-refractivity contribution in [3.63, 3.8) is 0 Å². The lowest BCUT2D eigenvalue weighted by Crippen LogP contribution is -2.31. The fourth-order valence-electron chi connectivity index (χ4n) is 1.33. The van der Waals surface area contributed by atoms with Crippen LogP contribution in [0.2, 0.25) is 0 Å². The van der Waals surface area contributed by atoms with Crippen LogP contribution in [0, 0.1) is 5.92 Å². The van der Waals surface area contributed by atoms with Crippen LogP contribution in [0.25, 0.3) is 0 Å². The fourth-order valence-corrected chi connectivity index (χ4v) is 1.76. The Morgan fingerprint density at radius 3 is 2.42 bits per heavy atom. The van der Waals surface area contributed by atoms with Crippen LogP contribution in [0.1, 0.15) is 32.1 Å². The van der Waals surface area contributed by atoms with E-state index in [4.69, 9.17) is 10.3 Å². The second-order valence-corrected chi connectivity index (χ2v) is 5.06. The molecule has 1 atom stereocenters. The van der Waals surface area contributed by atoms with Gasteiger partial charge in [-0.05, 0) is 18.8 Å². The third-order valence-corrected chi connectivity index (χ3v) is 3.47. The van der Waals surface area contributed by atoms with Crippen LogP contribution in [-0.4, -0.2) is 18.3 Å². The molecule has 0 aromatic carbocycles. The highest BCUT2D eigenvalue weighted by Crippen LogP contribution is 2.30. The normalized spacial score (nSPS) is 21.8. The number of rotatable bonds is 4. The molecular formula is C7H15NO3S. The van der Waals surface area contributed by atoms with E-state index in [1.807, 2.05) is 0 Å². The van der Waals surface area contributed by atoms with Crippen molar-refractivity contribution in [2.24, 2.45) is 11.7 Å². The Morgan fingerprint density at radius 1 is 1.50 bits per heavy atom. The van der Waals surface area contributed by atoms with Crippen molar-refractivity contribution in [2.75, 3.05) is 0 Å². The molecule has 0 heterocycles. The topological polar surface area (TPSA) is 80.4 Å². The third kappa shape index (κ3) is 2.73. The number of hydrogen-bond donors (Lipinski definition) is 2. The molecule has 3 N–H and O–H groups in total. The summed E-state index contributed by atoms with van der Waals surface area (Å²) in [5, 5.41) is -1.09. The Labute approximate surface area is 72.9 Å². The molecule has 0 aliphatic heterocycles. The molecule has 1 unspecified atom stereocenters. The van der Waals surface area contributed by atoms with Crippen molar-refractivity contribution in [3.8, 4) is 0 Å². The highest BCUT2D eigenvalue weighted by molar-refractivity contribution is 7.86. The predicted octanol–water partition coefficient (Wildman–Crippen LogP) is 0.739. The van der Waals surface area contributed by atoms with Crippen molar-refractivity contribution in [2.45, 2.75) is 37.5 Å². The Balaban J connectivity index is 2.22. The van der Waals surface area contributed by atoms with Crippen molar-refractivity contribution in [3.05, 3.63) is 0 Å². The van der Waals surface area contributed by atoms with Crippen LogP contribution < -0.4 is 5.73 Å². The molecule has 12 heavy (non-hydrogen) atoms. The molecule has 4 nitrogen and oxygen atoms in total. The zero-order valence-electron chi connectivity index (χ0n) is 6.94. The maximum atomic E-state index is 10.5. The Morgan fingerprint density at radius 2 is 2.08 bits per heavy atom. The summed E-state index contributed by atoms with van der Waals surface area (Å²) in [6, 6.07) is 0. The highest BCUT2D eigenvalue weighted by Gasteiger charge is 2.22. The van der Waals surface area contributed by atoms with E-state index < -0.39 is 15.5 Å². The monoisotopic (exact) mass is 193 g/mol. The van der Waals surface area contributed by atoms with E-state index in [-0.39, 0.29) is 0 Å². The second kappa shape index (κ2) is 3.72. The van der Waals surface area contributed by atoms with Gasteiger partial charge in [-0.25, -0.2) is 0 Å². The molecule has 0 aromatic rings. The summed E-state index contributed by atoms with van der Waals surface area (Å²) < 4.78 is 29.5. The maximum absolute atomic E-state index is 10.5. The van der Waals surface area contributed by atoms with E-state index in [1.54, 1.807) is 0 Å². The minimum Gasteiger partial charge on any atom is -0.313 e. The van der Waals surface area contributed by atoms with Crippen molar-refractivity contribution < 1.29 is 13.0 Å². The predicted molar refractivity (Wildman–Crippen MR) is 46.1 cm³/mol. The molecule has 0 bridgehead atoms. The molecule has 0 amide bonds. The van der Waals surface area contributed by atoms with Gasteiger partial charge in [0.15, 0.2) is 0 Å². The number of hydrogen-bond acceptors (Lipinski definition) is 3. The van der Waals surface area contributed by atoms with Crippen LogP contribution >= 0.6 is 0 Å². The minimum absolute atomic E-state index is 0.378. The van der Waals surface area contributed by atoms with E-state index in [1.165, 1.54) is 19.3 Å². The molecule has 1 fully saturated rings. The maximum Gasteiger partial charge on any atom is 0.280 e. The Bertz CT molecular complexity index is 233. The summed E-state index contributed by atoms with van der Waals surface area (Å²) in [4.78, 5) is 0. The molecular weight excluding hydrogens is 178 g/mol. The zero-order chi connectivity index (χ0) is 9.19. The van der Waals surface area contributed by atoms with Gasteiger partial charge >= 0.3 is 0 Å². The largest absolute Gasteiger partial charge is 0.313 e. The third-order valence-electron chi connectivity index (χ3n) is 2.47. The van der Waals surface area contributed by atoms with Crippen LogP contribution in [-0.2, 0) is 10.1 Å². The average Bonchev–Trinajstić information content (AvgIpc) is 1.81. The van der Waals surface area contributed by atoms with Crippen LogP contribution in [0.4, 0.5) is 0 Å². The van der Waals surface area contributed by atoms with Gasteiger partial charge in [0.2, 0.25) is 0 Å². The summed E-state index contributed by atoms with van der Waals surface area (Å²) in [6.07, 6.45) is 4.80. The summed E-state index contributed by atoms with van der Waals surface area (Å²) >= 11 is 0. The van der Waals surface area contributed by atoms with Crippen molar-refractivity contribution in [1.29, 1.82) is 0 Å². The fraction of sp³-hybridized carbons (Fsp3) is 1.00. The first-order chi connectivity index (χ1) is 5.50. The zero-order valence-corrected chi connectivity index (χ0v) is 7.76. The Hall–Kier alpha value is -0.130. The molecule has 1 rings (SSSR count). The first kappa shape index (κ1) is 9.95. The van der Waals surface area contributed by atoms with Crippen LogP contribution in [0.3, 0.4) is 0 Å². The molecule has 1 saturated carbocycles. The van der Waals surface area contributed by atoms with Gasteiger partial charge < -0.3 is 5.73 Å². The Kier molecular flexibility index (Phi) is 3.09. The molecule has 0 radical (unpaired) electrons. The molecule has 5 heteroatoms. The van der Waals surface area contributed by atoms with E-state index in [0.717, 1.165) is 6.42 Å². The molecule has 0 aromatic heterocycles. The highest BCUT2D eigenvalue weighted by atomic mass is 32.2. The SMILES string of the molecule is NC(CCC1CCC1)S(=O)(=O)O.